The van der Waals surface area contributed by atoms with Gasteiger partial charge in [0.05, 0.1) is 0 Å². The van der Waals surface area contributed by atoms with E-state index in [1.807, 2.05) is 12.2 Å². The molecule has 0 atom stereocenters. The molecule has 0 saturated carbocycles. The van der Waals surface area contributed by atoms with Crippen molar-refractivity contribution in [3.8, 4) is 33.4 Å². The molecule has 0 unspecified atom stereocenters. The maximum atomic E-state index is 3.85. The summed E-state index contributed by atoms with van der Waals surface area (Å²) in [7, 11) is 0. The van der Waals surface area contributed by atoms with Crippen LogP contribution < -0.4 is 27.4 Å². The maximum Gasteiger partial charge on any atom is 0.173 e. The summed E-state index contributed by atoms with van der Waals surface area (Å²) in [5.41, 5.74) is 17.2. The van der Waals surface area contributed by atoms with E-state index in [0.29, 0.717) is 0 Å². The van der Waals surface area contributed by atoms with Crippen molar-refractivity contribution in [3.05, 3.63) is 302 Å². The van der Waals surface area contributed by atoms with Crippen LogP contribution in [0.25, 0.3) is 45.5 Å². The van der Waals surface area contributed by atoms with Crippen LogP contribution in [0.2, 0.25) is 0 Å². The van der Waals surface area contributed by atoms with E-state index < -0.39 is 0 Å². The molecule has 10 rings (SSSR count). The van der Waals surface area contributed by atoms with E-state index in [1.54, 1.807) is 0 Å². The van der Waals surface area contributed by atoms with Gasteiger partial charge in [-0.1, -0.05) is 122 Å². The number of hydrogen-bond acceptors (Lipinski definition) is 0. The molecule has 0 radical (unpaired) electrons. The zero-order chi connectivity index (χ0) is 47.5. The summed E-state index contributed by atoms with van der Waals surface area (Å²) in [5, 5.41) is 0. The fraction of sp³-hybridized carbons (Fsp3) is 0.0938. The molecule has 0 bridgehead atoms. The van der Waals surface area contributed by atoms with Gasteiger partial charge in [-0.3, -0.25) is 0 Å². The lowest BCUT2D eigenvalue weighted by atomic mass is 10.1. The molecule has 0 spiro atoms. The minimum absolute atomic E-state index is 0.822. The molecule has 70 heavy (non-hydrogen) atoms. The number of hydrogen-bond donors (Lipinski definition) is 0. The van der Waals surface area contributed by atoms with E-state index in [1.165, 1.54) is 66.8 Å². The molecule has 0 amide bonds. The molecule has 0 aliphatic rings. The first-order valence-electron chi connectivity index (χ1n) is 24.0. The lowest BCUT2D eigenvalue weighted by Gasteiger charge is -2.04. The molecule has 10 aromatic rings. The quantitative estimate of drug-likeness (QED) is 0.0813. The van der Waals surface area contributed by atoms with Crippen LogP contribution in [0.4, 0.5) is 0 Å². The van der Waals surface area contributed by atoms with E-state index in [0.717, 1.165) is 50.4 Å². The molecule has 338 valence electrons. The second-order valence-corrected chi connectivity index (χ2v) is 18.1. The van der Waals surface area contributed by atoms with Crippen LogP contribution in [-0.4, -0.2) is 0 Å². The van der Waals surface area contributed by atoms with E-state index in [9.17, 15) is 0 Å². The predicted molar refractivity (Wildman–Crippen MR) is 277 cm³/mol. The van der Waals surface area contributed by atoms with Crippen LogP contribution in [0.5, 0.6) is 0 Å². The minimum atomic E-state index is 0.822. The molecule has 0 aliphatic carbocycles. The van der Waals surface area contributed by atoms with Crippen LogP contribution >= 0.6 is 0 Å². The molecule has 6 heterocycles. The Balaban J connectivity index is 0.666. The summed E-state index contributed by atoms with van der Waals surface area (Å²) in [4.78, 5) is 0. The Labute approximate surface area is 412 Å². The normalized spacial score (nSPS) is 11.0. The highest BCUT2D eigenvalue weighted by molar-refractivity contribution is 5.62. The highest BCUT2D eigenvalue weighted by Crippen LogP contribution is 2.19. The second-order valence-electron chi connectivity index (χ2n) is 18.1. The second kappa shape index (κ2) is 21.5. The minimum Gasteiger partial charge on any atom is -0.201 e. The van der Waals surface area contributed by atoms with Gasteiger partial charge in [-0.15, -0.1) is 0 Å². The van der Waals surface area contributed by atoms with Gasteiger partial charge in [0, 0.05) is 106 Å². The van der Waals surface area contributed by atoms with Crippen LogP contribution in [0.3, 0.4) is 0 Å². The van der Waals surface area contributed by atoms with E-state index in [-0.39, 0.29) is 0 Å². The largest absolute Gasteiger partial charge is 0.201 e. The summed E-state index contributed by atoms with van der Waals surface area (Å²) >= 11 is 0. The Morgan fingerprint density at radius 3 is 0.500 bits per heavy atom. The van der Waals surface area contributed by atoms with Gasteiger partial charge in [0.1, 0.15) is 0 Å². The van der Waals surface area contributed by atoms with Crippen molar-refractivity contribution >= 4 is 12.2 Å². The first-order valence-corrected chi connectivity index (χ1v) is 24.0. The first kappa shape index (κ1) is 45.1. The third-order valence-electron chi connectivity index (χ3n) is 13.0. The molecule has 0 saturated heterocycles. The average molecular weight is 911 g/mol. The van der Waals surface area contributed by atoms with Gasteiger partial charge in [0.2, 0.25) is 0 Å². The van der Waals surface area contributed by atoms with Crippen molar-refractivity contribution in [2.75, 3.05) is 0 Å². The highest BCUT2D eigenvalue weighted by Gasteiger charge is 2.13. The average Bonchev–Trinajstić information content (AvgIpc) is 3.42. The zero-order valence-corrected chi connectivity index (χ0v) is 39.6. The summed E-state index contributed by atoms with van der Waals surface area (Å²) in [6, 6.07) is 61.4. The van der Waals surface area contributed by atoms with Crippen LogP contribution in [-0.2, 0) is 39.3 Å². The lowest BCUT2D eigenvalue weighted by Crippen LogP contribution is -2.34. The van der Waals surface area contributed by atoms with Gasteiger partial charge >= 0.3 is 0 Å². The van der Waals surface area contributed by atoms with E-state index in [4.69, 9.17) is 0 Å². The third kappa shape index (κ3) is 11.7. The molecule has 6 heteroatoms. The SMILES string of the molecule is C=Cc1ccc(C[n+]2ccc(-c3cc[n+](Cc4ccc(C[n+]5ccc(-c6cc[n+](Cc7ccc(C[n+]8ccc(-c9cc[n+](Cc%10ccc(C=C)cc%10)cc9)cc8)cc7)cc6)cc5)cc4)cc3)cc2)cc1. The number of nitrogens with zero attached hydrogens (tertiary/aromatic N) is 6. The monoisotopic (exact) mass is 910 g/mol. The summed E-state index contributed by atoms with van der Waals surface area (Å²) < 4.78 is 13.4. The fourth-order valence-corrected chi connectivity index (χ4v) is 8.81. The van der Waals surface area contributed by atoms with Gasteiger partial charge in [-0.2, -0.15) is 0 Å². The molecule has 6 aromatic heterocycles. The smallest absolute Gasteiger partial charge is 0.173 e. The van der Waals surface area contributed by atoms with Crippen molar-refractivity contribution in [1.82, 2.24) is 0 Å². The fourth-order valence-electron chi connectivity index (χ4n) is 8.81. The molecule has 4 aromatic carbocycles. The topological polar surface area (TPSA) is 23.3 Å². The Morgan fingerprint density at radius 2 is 0.357 bits per heavy atom. The molecule has 0 fully saturated rings. The van der Waals surface area contributed by atoms with Crippen molar-refractivity contribution in [2.45, 2.75) is 39.3 Å². The van der Waals surface area contributed by atoms with Gasteiger partial charge in [-0.05, 0) is 44.5 Å². The maximum absolute atomic E-state index is 3.85. The third-order valence-corrected chi connectivity index (χ3v) is 13.0. The molecule has 0 aliphatic heterocycles. The molecule has 0 N–H and O–H groups in total. The highest BCUT2D eigenvalue weighted by atomic mass is 14.9. The van der Waals surface area contributed by atoms with Crippen molar-refractivity contribution in [2.24, 2.45) is 0 Å². The number of aromatic nitrogens is 6. The lowest BCUT2D eigenvalue weighted by molar-refractivity contribution is -0.689. The summed E-state index contributed by atoms with van der Waals surface area (Å²) in [6.45, 7) is 12.7. The molecule has 6 nitrogen and oxygen atoms in total. The molecular formula is C64H58N6+6. The summed E-state index contributed by atoms with van der Waals surface area (Å²) in [5.74, 6) is 0. The Kier molecular flexibility index (Phi) is 13.8. The van der Waals surface area contributed by atoms with Crippen LogP contribution in [0.1, 0.15) is 44.5 Å². The first-order chi connectivity index (χ1) is 34.5. The van der Waals surface area contributed by atoms with Gasteiger partial charge < -0.3 is 0 Å². The zero-order valence-electron chi connectivity index (χ0n) is 39.6. The van der Waals surface area contributed by atoms with E-state index >= 15 is 0 Å². The summed E-state index contributed by atoms with van der Waals surface area (Å²) in [6.07, 6.45) is 29.7. The van der Waals surface area contributed by atoms with Crippen LogP contribution in [0.15, 0.2) is 257 Å². The Bertz CT molecular complexity index is 3060. The molecular weight excluding hydrogens is 853 g/mol. The van der Waals surface area contributed by atoms with Crippen molar-refractivity contribution < 1.29 is 27.4 Å². The van der Waals surface area contributed by atoms with Crippen molar-refractivity contribution in [1.29, 1.82) is 0 Å². The Morgan fingerprint density at radius 1 is 0.214 bits per heavy atom. The number of pyridine rings is 6. The van der Waals surface area contributed by atoms with E-state index in [2.05, 4.69) is 285 Å². The number of benzene rings is 4. The Hall–Kier alpha value is -8.74. The van der Waals surface area contributed by atoms with Gasteiger partial charge in [0.25, 0.3) is 0 Å². The standard InChI is InChI=1S/C64H58N6/c1-3-51-5-9-53(10-6-51)45-65-33-21-59(22-34-65)61-25-37-67(38-26-61)47-55-13-17-57(18-14-55)49-69-41-29-63(30-42-69)64-31-43-70(44-32-64)50-58-19-15-56(16-20-58)48-68-39-27-62(28-40-68)60-23-35-66(36-24-60)46-54-11-7-52(4-2)8-12-54/h3-44H,1-2,45-50H2/q+6. The number of rotatable bonds is 17. The van der Waals surface area contributed by atoms with Crippen molar-refractivity contribution in [3.63, 3.8) is 0 Å². The van der Waals surface area contributed by atoms with Crippen LogP contribution in [0, 0.1) is 0 Å². The van der Waals surface area contributed by atoms with Gasteiger partial charge in [-0.25, -0.2) is 27.4 Å². The predicted octanol–water partition coefficient (Wildman–Crippen LogP) is 9.99. The van der Waals surface area contributed by atoms with Gasteiger partial charge in [0.15, 0.2) is 114 Å².